The number of carbonyl (C=O) groups is 3. The maximum Gasteiger partial charge on any atom is 0.250 e. The van der Waals surface area contributed by atoms with Gasteiger partial charge in [0.2, 0.25) is 17.7 Å². The number of nitrogens with zero attached hydrogens (tertiary/aromatic N) is 1. The average Bonchev–Trinajstić information content (AvgIpc) is 3.20. The SMILES string of the molecule is CC1NC2(C(=O)Nc3ccccc32)C2C(=O)N(c3cccc(F)c3)C(=O)C12. The van der Waals surface area contributed by atoms with Gasteiger partial charge < -0.3 is 5.32 Å². The van der Waals surface area contributed by atoms with E-state index in [2.05, 4.69) is 10.6 Å². The van der Waals surface area contributed by atoms with Crippen molar-refractivity contribution in [2.24, 2.45) is 11.8 Å². The minimum atomic E-state index is -1.30. The molecule has 3 amide bonds. The average molecular weight is 365 g/mol. The normalized spacial score (nSPS) is 31.4. The van der Waals surface area contributed by atoms with Gasteiger partial charge in [-0.15, -0.1) is 0 Å². The third-order valence-corrected chi connectivity index (χ3v) is 5.84. The van der Waals surface area contributed by atoms with Gasteiger partial charge in [-0.1, -0.05) is 24.3 Å². The molecule has 2 fully saturated rings. The molecule has 7 heteroatoms. The number of imide groups is 1. The largest absolute Gasteiger partial charge is 0.324 e. The van der Waals surface area contributed by atoms with Crippen molar-refractivity contribution < 1.29 is 18.8 Å². The van der Waals surface area contributed by atoms with E-state index in [9.17, 15) is 18.8 Å². The van der Waals surface area contributed by atoms with E-state index >= 15 is 0 Å². The van der Waals surface area contributed by atoms with Gasteiger partial charge in [0, 0.05) is 17.3 Å². The molecule has 27 heavy (non-hydrogen) atoms. The molecule has 3 heterocycles. The van der Waals surface area contributed by atoms with E-state index in [1.807, 2.05) is 0 Å². The molecule has 136 valence electrons. The molecule has 0 bridgehead atoms. The minimum Gasteiger partial charge on any atom is -0.324 e. The Morgan fingerprint density at radius 1 is 1.04 bits per heavy atom. The summed E-state index contributed by atoms with van der Waals surface area (Å²) >= 11 is 0. The van der Waals surface area contributed by atoms with E-state index in [-0.39, 0.29) is 17.6 Å². The Balaban J connectivity index is 1.67. The minimum absolute atomic E-state index is 0.188. The molecule has 4 atom stereocenters. The summed E-state index contributed by atoms with van der Waals surface area (Å²) in [5.41, 5.74) is 0.188. The summed E-state index contributed by atoms with van der Waals surface area (Å²) in [5.74, 6) is -3.35. The lowest BCUT2D eigenvalue weighted by molar-refractivity contribution is -0.130. The monoisotopic (exact) mass is 365 g/mol. The highest BCUT2D eigenvalue weighted by Crippen LogP contribution is 2.53. The maximum absolute atomic E-state index is 13.7. The Hall–Kier alpha value is -3.06. The number of hydrogen-bond acceptors (Lipinski definition) is 4. The Morgan fingerprint density at radius 2 is 1.81 bits per heavy atom. The first-order chi connectivity index (χ1) is 12.9. The highest BCUT2D eigenvalue weighted by atomic mass is 19.1. The van der Waals surface area contributed by atoms with Crippen LogP contribution in [0.3, 0.4) is 0 Å². The lowest BCUT2D eigenvalue weighted by atomic mass is 9.76. The van der Waals surface area contributed by atoms with Crippen molar-refractivity contribution in [2.75, 3.05) is 10.2 Å². The highest BCUT2D eigenvalue weighted by molar-refractivity contribution is 6.25. The zero-order valence-corrected chi connectivity index (χ0v) is 14.4. The van der Waals surface area contributed by atoms with Crippen molar-refractivity contribution in [2.45, 2.75) is 18.5 Å². The molecule has 0 radical (unpaired) electrons. The molecule has 2 aromatic rings. The number of anilines is 2. The van der Waals surface area contributed by atoms with Crippen molar-refractivity contribution >= 4 is 29.1 Å². The molecule has 2 aromatic carbocycles. The molecule has 4 unspecified atom stereocenters. The second kappa shape index (κ2) is 5.23. The maximum atomic E-state index is 13.7. The Kier molecular flexibility index (Phi) is 3.13. The van der Waals surface area contributed by atoms with Crippen LogP contribution in [0.25, 0.3) is 0 Å². The van der Waals surface area contributed by atoms with E-state index in [4.69, 9.17) is 0 Å². The van der Waals surface area contributed by atoms with Crippen molar-refractivity contribution in [3.8, 4) is 0 Å². The molecule has 2 saturated heterocycles. The fraction of sp³-hybridized carbons (Fsp3) is 0.250. The van der Waals surface area contributed by atoms with Crippen LogP contribution in [-0.2, 0) is 19.9 Å². The van der Waals surface area contributed by atoms with Gasteiger partial charge in [-0.05, 0) is 31.2 Å². The van der Waals surface area contributed by atoms with Crippen LogP contribution < -0.4 is 15.5 Å². The molecule has 0 aliphatic carbocycles. The number of rotatable bonds is 1. The smallest absolute Gasteiger partial charge is 0.250 e. The van der Waals surface area contributed by atoms with Gasteiger partial charge in [0.1, 0.15) is 11.4 Å². The summed E-state index contributed by atoms with van der Waals surface area (Å²) in [4.78, 5) is 40.4. The summed E-state index contributed by atoms with van der Waals surface area (Å²) in [6.45, 7) is 1.79. The second-order valence-corrected chi connectivity index (χ2v) is 7.24. The lowest BCUT2D eigenvalue weighted by Crippen LogP contribution is -2.53. The van der Waals surface area contributed by atoms with Crippen LogP contribution in [0.2, 0.25) is 0 Å². The van der Waals surface area contributed by atoms with Crippen LogP contribution in [0.15, 0.2) is 48.5 Å². The second-order valence-electron chi connectivity index (χ2n) is 7.24. The van der Waals surface area contributed by atoms with Crippen LogP contribution in [0.5, 0.6) is 0 Å². The van der Waals surface area contributed by atoms with Crippen LogP contribution in [-0.4, -0.2) is 23.8 Å². The van der Waals surface area contributed by atoms with E-state index in [0.29, 0.717) is 11.3 Å². The van der Waals surface area contributed by atoms with Gasteiger partial charge >= 0.3 is 0 Å². The van der Waals surface area contributed by atoms with Crippen molar-refractivity contribution in [1.29, 1.82) is 0 Å². The van der Waals surface area contributed by atoms with Crippen molar-refractivity contribution in [3.05, 3.63) is 59.9 Å². The molecular weight excluding hydrogens is 349 g/mol. The molecule has 2 N–H and O–H groups in total. The Labute approximate surface area is 154 Å². The third-order valence-electron chi connectivity index (χ3n) is 5.84. The predicted molar refractivity (Wildman–Crippen MR) is 95.2 cm³/mol. The fourth-order valence-corrected chi connectivity index (χ4v) is 4.79. The summed E-state index contributed by atoms with van der Waals surface area (Å²) in [5, 5.41) is 6.05. The molecule has 5 rings (SSSR count). The van der Waals surface area contributed by atoms with Crippen molar-refractivity contribution in [1.82, 2.24) is 5.32 Å². The first kappa shape index (κ1) is 16.1. The number of para-hydroxylation sites is 1. The molecule has 6 nitrogen and oxygen atoms in total. The van der Waals surface area contributed by atoms with E-state index in [1.165, 1.54) is 18.2 Å². The van der Waals surface area contributed by atoms with Gasteiger partial charge in [0.15, 0.2) is 0 Å². The van der Waals surface area contributed by atoms with Gasteiger partial charge in [-0.2, -0.15) is 0 Å². The first-order valence-electron chi connectivity index (χ1n) is 8.77. The van der Waals surface area contributed by atoms with Crippen molar-refractivity contribution in [3.63, 3.8) is 0 Å². The molecule has 3 aliphatic heterocycles. The molecule has 1 spiro atoms. The summed E-state index contributed by atoms with van der Waals surface area (Å²) < 4.78 is 13.7. The van der Waals surface area contributed by atoms with Crippen LogP contribution >= 0.6 is 0 Å². The van der Waals surface area contributed by atoms with Crippen LogP contribution in [0, 0.1) is 17.7 Å². The molecule has 0 saturated carbocycles. The van der Waals surface area contributed by atoms with Gasteiger partial charge in [-0.25, -0.2) is 9.29 Å². The van der Waals surface area contributed by atoms with Crippen LogP contribution in [0.1, 0.15) is 12.5 Å². The number of hydrogen-bond donors (Lipinski definition) is 2. The number of benzene rings is 2. The number of amides is 3. The number of carbonyl (C=O) groups excluding carboxylic acids is 3. The van der Waals surface area contributed by atoms with E-state index < -0.39 is 35.0 Å². The zero-order valence-electron chi connectivity index (χ0n) is 14.4. The summed E-state index contributed by atoms with van der Waals surface area (Å²) in [6.07, 6.45) is 0. The lowest BCUT2D eigenvalue weighted by Gasteiger charge is -2.29. The Bertz CT molecular complexity index is 1020. The Morgan fingerprint density at radius 3 is 2.59 bits per heavy atom. The fourth-order valence-electron chi connectivity index (χ4n) is 4.79. The number of halogens is 1. The first-order valence-corrected chi connectivity index (χ1v) is 8.77. The molecule has 0 aromatic heterocycles. The van der Waals surface area contributed by atoms with Crippen LogP contribution in [0.4, 0.5) is 15.8 Å². The topological polar surface area (TPSA) is 78.5 Å². The van der Waals surface area contributed by atoms with E-state index in [0.717, 1.165) is 11.0 Å². The third kappa shape index (κ3) is 1.89. The summed E-state index contributed by atoms with van der Waals surface area (Å²) in [7, 11) is 0. The van der Waals surface area contributed by atoms with Gasteiger partial charge in [0.25, 0.3) is 0 Å². The predicted octanol–water partition coefficient (Wildman–Crippen LogP) is 1.77. The van der Waals surface area contributed by atoms with E-state index in [1.54, 1.807) is 31.2 Å². The van der Waals surface area contributed by atoms with Gasteiger partial charge in [-0.3, -0.25) is 19.7 Å². The number of fused-ring (bicyclic) bond motifs is 4. The highest BCUT2D eigenvalue weighted by Gasteiger charge is 2.69. The quantitative estimate of drug-likeness (QED) is 0.755. The number of nitrogens with one attached hydrogen (secondary N) is 2. The van der Waals surface area contributed by atoms with Gasteiger partial charge in [0.05, 0.1) is 17.5 Å². The standard InChI is InChI=1S/C20H16FN3O3/c1-10-15-16(18(26)24(17(15)25)12-6-4-5-11(21)9-12)20(23-10)13-7-2-3-8-14(13)22-19(20)27/h2-10,15-16,23H,1H3,(H,22,27). The molecular formula is C20H16FN3O3. The molecule has 3 aliphatic rings. The summed E-state index contributed by atoms with van der Waals surface area (Å²) in [6, 6.07) is 12.2. The zero-order chi connectivity index (χ0) is 18.9.